The van der Waals surface area contributed by atoms with Crippen molar-refractivity contribution in [3.8, 4) is 0 Å². The number of imidazole rings is 1. The summed E-state index contributed by atoms with van der Waals surface area (Å²) >= 11 is 0. The Morgan fingerprint density at radius 2 is 2.24 bits per heavy atom. The van der Waals surface area contributed by atoms with Crippen molar-refractivity contribution in [2.45, 2.75) is 24.8 Å². The molecule has 0 atom stereocenters. The van der Waals surface area contributed by atoms with E-state index in [0.717, 1.165) is 18.9 Å². The molecular weight excluding hydrogens is 292 g/mol. The van der Waals surface area contributed by atoms with Crippen molar-refractivity contribution in [3.63, 3.8) is 0 Å². The van der Waals surface area contributed by atoms with E-state index in [1.54, 1.807) is 17.1 Å². The Morgan fingerprint density at radius 1 is 1.38 bits per heavy atom. The Labute approximate surface area is 124 Å². The fraction of sp³-hybridized carbons (Fsp3) is 0.500. The summed E-state index contributed by atoms with van der Waals surface area (Å²) in [6.07, 6.45) is 6.75. The predicted octanol–water partition coefficient (Wildman–Crippen LogP) is -0.263. The molecule has 9 heteroatoms. The molecule has 0 aliphatic carbocycles. The zero-order valence-corrected chi connectivity index (χ0v) is 12.7. The zero-order chi connectivity index (χ0) is 15.1. The third kappa shape index (κ3) is 4.66. The van der Waals surface area contributed by atoms with Crippen LogP contribution in [0.3, 0.4) is 0 Å². The molecule has 0 fully saturated rings. The zero-order valence-electron chi connectivity index (χ0n) is 11.9. The molecule has 0 unspecified atom stereocenters. The van der Waals surface area contributed by atoms with E-state index in [1.165, 1.54) is 12.4 Å². The SMILES string of the molecule is CCNCCn1cc(S(=O)(=O)NCCc2ncc[nH]2)cn1. The summed E-state index contributed by atoms with van der Waals surface area (Å²) < 4.78 is 28.3. The van der Waals surface area contributed by atoms with E-state index in [2.05, 4.69) is 25.1 Å². The first-order valence-corrected chi connectivity index (χ1v) is 8.31. The molecule has 0 aromatic carbocycles. The fourth-order valence-corrected chi connectivity index (χ4v) is 2.78. The van der Waals surface area contributed by atoms with Crippen LogP contribution in [0.1, 0.15) is 12.7 Å². The Balaban J connectivity index is 1.86. The minimum absolute atomic E-state index is 0.179. The normalized spacial score (nSPS) is 11.9. The number of rotatable bonds is 9. The molecule has 0 aliphatic heterocycles. The van der Waals surface area contributed by atoms with Gasteiger partial charge < -0.3 is 10.3 Å². The van der Waals surface area contributed by atoms with Crippen LogP contribution < -0.4 is 10.0 Å². The van der Waals surface area contributed by atoms with Crippen molar-refractivity contribution in [2.75, 3.05) is 19.6 Å². The van der Waals surface area contributed by atoms with Crippen molar-refractivity contribution in [1.29, 1.82) is 0 Å². The Bertz CT molecular complexity index is 635. The van der Waals surface area contributed by atoms with Crippen molar-refractivity contribution in [2.24, 2.45) is 0 Å². The molecule has 0 amide bonds. The first-order chi connectivity index (χ1) is 10.1. The van der Waals surface area contributed by atoms with Crippen molar-refractivity contribution in [3.05, 3.63) is 30.6 Å². The van der Waals surface area contributed by atoms with Crippen LogP contribution in [0, 0.1) is 0 Å². The maximum atomic E-state index is 12.1. The highest BCUT2D eigenvalue weighted by Crippen LogP contribution is 2.06. The molecular formula is C12H20N6O2S. The number of hydrogen-bond acceptors (Lipinski definition) is 5. The third-order valence-corrected chi connectivity index (χ3v) is 4.31. The van der Waals surface area contributed by atoms with Crippen LogP contribution in [0.15, 0.2) is 29.7 Å². The van der Waals surface area contributed by atoms with Gasteiger partial charge in [-0.05, 0) is 6.54 Å². The summed E-state index contributed by atoms with van der Waals surface area (Å²) in [7, 11) is -3.52. The van der Waals surface area contributed by atoms with Crippen LogP contribution in [0.2, 0.25) is 0 Å². The number of hydrogen-bond donors (Lipinski definition) is 3. The number of nitrogens with zero attached hydrogens (tertiary/aromatic N) is 3. The second-order valence-electron chi connectivity index (χ2n) is 4.48. The van der Waals surface area contributed by atoms with Crippen LogP contribution in [0.5, 0.6) is 0 Å². The molecule has 0 spiro atoms. The Hall–Kier alpha value is -1.71. The van der Waals surface area contributed by atoms with Gasteiger partial charge >= 0.3 is 0 Å². The predicted molar refractivity (Wildman–Crippen MR) is 78.3 cm³/mol. The van der Waals surface area contributed by atoms with Gasteiger partial charge in [-0.3, -0.25) is 4.68 Å². The lowest BCUT2D eigenvalue weighted by atomic mass is 10.4. The van der Waals surface area contributed by atoms with Crippen LogP contribution in [0.4, 0.5) is 0 Å². The lowest BCUT2D eigenvalue weighted by Crippen LogP contribution is -2.26. The van der Waals surface area contributed by atoms with Gasteiger partial charge in [0.1, 0.15) is 10.7 Å². The van der Waals surface area contributed by atoms with E-state index in [4.69, 9.17) is 0 Å². The van der Waals surface area contributed by atoms with Gasteiger partial charge in [0, 0.05) is 38.1 Å². The molecule has 21 heavy (non-hydrogen) atoms. The van der Waals surface area contributed by atoms with Gasteiger partial charge in [0.25, 0.3) is 0 Å². The van der Waals surface area contributed by atoms with Gasteiger partial charge in [-0.15, -0.1) is 0 Å². The van der Waals surface area contributed by atoms with E-state index in [9.17, 15) is 8.42 Å². The summed E-state index contributed by atoms with van der Waals surface area (Å²) in [4.78, 5) is 7.15. The van der Waals surface area contributed by atoms with E-state index in [1.807, 2.05) is 6.92 Å². The average molecular weight is 312 g/mol. The molecule has 2 aromatic rings. The third-order valence-electron chi connectivity index (χ3n) is 2.90. The van der Waals surface area contributed by atoms with E-state index < -0.39 is 10.0 Å². The topological polar surface area (TPSA) is 105 Å². The Morgan fingerprint density at radius 3 is 2.95 bits per heavy atom. The Kier molecular flexibility index (Phi) is 5.48. The molecule has 0 radical (unpaired) electrons. The highest BCUT2D eigenvalue weighted by molar-refractivity contribution is 7.89. The molecule has 2 heterocycles. The highest BCUT2D eigenvalue weighted by atomic mass is 32.2. The lowest BCUT2D eigenvalue weighted by molar-refractivity contribution is 0.562. The quantitative estimate of drug-likeness (QED) is 0.553. The maximum Gasteiger partial charge on any atom is 0.243 e. The minimum Gasteiger partial charge on any atom is -0.349 e. The second-order valence-corrected chi connectivity index (χ2v) is 6.24. The highest BCUT2D eigenvalue weighted by Gasteiger charge is 2.15. The number of sulfonamides is 1. The monoisotopic (exact) mass is 312 g/mol. The molecule has 2 aromatic heterocycles. The van der Waals surface area contributed by atoms with E-state index >= 15 is 0 Å². The summed E-state index contributed by atoms with van der Waals surface area (Å²) in [5, 5.41) is 7.21. The van der Waals surface area contributed by atoms with Crippen LogP contribution >= 0.6 is 0 Å². The molecule has 0 aliphatic rings. The minimum atomic E-state index is -3.52. The van der Waals surface area contributed by atoms with E-state index in [-0.39, 0.29) is 4.90 Å². The molecule has 0 saturated carbocycles. The van der Waals surface area contributed by atoms with Crippen LogP contribution in [-0.4, -0.2) is 47.8 Å². The fourth-order valence-electron chi connectivity index (χ4n) is 1.80. The van der Waals surface area contributed by atoms with Crippen molar-refractivity contribution < 1.29 is 8.42 Å². The van der Waals surface area contributed by atoms with Gasteiger partial charge in [0.2, 0.25) is 10.0 Å². The van der Waals surface area contributed by atoms with E-state index in [0.29, 0.717) is 19.5 Å². The van der Waals surface area contributed by atoms with Crippen LogP contribution in [-0.2, 0) is 23.0 Å². The lowest BCUT2D eigenvalue weighted by Gasteiger charge is -2.03. The van der Waals surface area contributed by atoms with Gasteiger partial charge in [0.15, 0.2) is 0 Å². The number of aromatic nitrogens is 4. The van der Waals surface area contributed by atoms with Gasteiger partial charge in [-0.25, -0.2) is 18.1 Å². The molecule has 0 saturated heterocycles. The molecule has 8 nitrogen and oxygen atoms in total. The van der Waals surface area contributed by atoms with Gasteiger partial charge in [-0.2, -0.15) is 5.10 Å². The largest absolute Gasteiger partial charge is 0.349 e. The molecule has 116 valence electrons. The number of likely N-dealkylation sites (N-methyl/N-ethyl adjacent to an activating group) is 1. The number of nitrogens with one attached hydrogen (secondary N) is 3. The van der Waals surface area contributed by atoms with Gasteiger partial charge in [0.05, 0.1) is 12.7 Å². The van der Waals surface area contributed by atoms with Crippen molar-refractivity contribution in [1.82, 2.24) is 29.8 Å². The first kappa shape index (κ1) is 15.7. The molecule has 3 N–H and O–H groups in total. The number of aromatic amines is 1. The summed E-state index contributed by atoms with van der Waals surface area (Å²) in [5.41, 5.74) is 0. The average Bonchev–Trinajstić information content (AvgIpc) is 3.10. The van der Waals surface area contributed by atoms with Crippen LogP contribution in [0.25, 0.3) is 0 Å². The number of H-pyrrole nitrogens is 1. The first-order valence-electron chi connectivity index (χ1n) is 6.83. The summed E-state index contributed by atoms with van der Waals surface area (Å²) in [5.74, 6) is 0.749. The summed E-state index contributed by atoms with van der Waals surface area (Å²) in [6, 6.07) is 0. The second kappa shape index (κ2) is 7.34. The summed E-state index contributed by atoms with van der Waals surface area (Å²) in [6.45, 7) is 4.57. The smallest absolute Gasteiger partial charge is 0.243 e. The standard InChI is InChI=1S/C12H20N6O2S/c1-2-13-7-8-18-10-11(9-16-18)21(19,20)17-4-3-12-14-5-6-15-12/h5-6,9-10,13,17H,2-4,7-8H2,1H3,(H,14,15). The molecule has 0 bridgehead atoms. The maximum absolute atomic E-state index is 12.1. The molecule has 2 rings (SSSR count). The van der Waals surface area contributed by atoms with Gasteiger partial charge in [-0.1, -0.05) is 6.92 Å². The van der Waals surface area contributed by atoms with Crippen molar-refractivity contribution >= 4 is 10.0 Å².